The van der Waals surface area contributed by atoms with E-state index >= 15 is 0 Å². The van der Waals surface area contributed by atoms with Gasteiger partial charge in [0, 0.05) is 10.6 Å². The number of nitrogens with zero attached hydrogens (tertiary/aromatic N) is 1. The maximum atomic E-state index is 12.9. The topological polar surface area (TPSA) is 68.1 Å². The van der Waals surface area contributed by atoms with E-state index in [0.717, 1.165) is 25.2 Å². The number of carbonyl (C=O) groups is 1. The molecule has 1 heterocycles. The Bertz CT molecular complexity index is 923. The monoisotopic (exact) mass is 423 g/mol. The molecule has 0 atom stereocenters. The van der Waals surface area contributed by atoms with E-state index < -0.39 is 16.0 Å². The van der Waals surface area contributed by atoms with Crippen molar-refractivity contribution in [3.8, 4) is 0 Å². The first-order valence-electron chi connectivity index (χ1n) is 9.25. The normalized spacial score (nSPS) is 16.1. The van der Waals surface area contributed by atoms with Gasteiger partial charge in [0.15, 0.2) is 0 Å². The highest BCUT2D eigenvalue weighted by molar-refractivity contribution is 7.89. The third-order valence-electron chi connectivity index (χ3n) is 4.78. The van der Waals surface area contributed by atoms with E-state index in [-0.39, 0.29) is 11.5 Å². The average molecular weight is 424 g/mol. The molecule has 2 aromatic rings. The molecule has 1 saturated heterocycles. The zero-order valence-electron chi connectivity index (χ0n) is 15.7. The van der Waals surface area contributed by atoms with Gasteiger partial charge in [0.2, 0.25) is 10.0 Å². The zero-order chi connectivity index (χ0) is 20.1. The minimum absolute atomic E-state index is 0.193. The van der Waals surface area contributed by atoms with Crippen molar-refractivity contribution in [2.45, 2.75) is 18.4 Å². The summed E-state index contributed by atoms with van der Waals surface area (Å²) in [5.74, 6) is -0.454. The van der Waals surface area contributed by atoms with Crippen LogP contribution in [0.5, 0.6) is 0 Å². The number of esters is 1. The van der Waals surface area contributed by atoms with E-state index in [9.17, 15) is 13.2 Å². The van der Waals surface area contributed by atoms with Crippen LogP contribution in [0.25, 0.3) is 0 Å². The quantitative estimate of drug-likeness (QED) is 0.717. The maximum absolute atomic E-state index is 12.9. The Labute approximate surface area is 170 Å². The molecule has 6 nitrogen and oxygen atoms in total. The van der Waals surface area contributed by atoms with Crippen molar-refractivity contribution in [2.24, 2.45) is 0 Å². The number of nitrogens with one attached hydrogen (secondary N) is 1. The van der Waals surface area contributed by atoms with Crippen LogP contribution < -0.4 is 4.90 Å². The summed E-state index contributed by atoms with van der Waals surface area (Å²) in [5, 5.41) is 0.712. The molecular weight excluding hydrogens is 400 g/mol. The lowest BCUT2D eigenvalue weighted by Crippen LogP contribution is -3.13. The van der Waals surface area contributed by atoms with E-state index in [1.165, 1.54) is 33.5 Å². The number of hydrogen-bond acceptors (Lipinski definition) is 4. The lowest BCUT2D eigenvalue weighted by Gasteiger charge is -2.31. The van der Waals surface area contributed by atoms with Crippen LogP contribution in [0.3, 0.4) is 0 Å². The lowest BCUT2D eigenvalue weighted by atomic mass is 10.2. The lowest BCUT2D eigenvalue weighted by molar-refractivity contribution is -0.917. The highest BCUT2D eigenvalue weighted by Gasteiger charge is 2.30. The SMILES string of the molecule is CCOC(=O)c1ccc(S(=O)(=O)N2CC[NH+](Cc3cccc(Cl)c3)CC2)cc1. The van der Waals surface area contributed by atoms with Crippen LogP contribution in [0.4, 0.5) is 0 Å². The van der Waals surface area contributed by atoms with Crippen LogP contribution in [0, 0.1) is 0 Å². The van der Waals surface area contributed by atoms with Gasteiger partial charge in [0.25, 0.3) is 0 Å². The highest BCUT2D eigenvalue weighted by atomic mass is 35.5. The molecule has 0 aliphatic carbocycles. The van der Waals surface area contributed by atoms with Gasteiger partial charge in [-0.3, -0.25) is 0 Å². The summed E-state index contributed by atoms with van der Waals surface area (Å²) in [7, 11) is -3.57. The number of carbonyl (C=O) groups excluding carboxylic acids is 1. The number of sulfonamides is 1. The van der Waals surface area contributed by atoms with Crippen LogP contribution in [-0.4, -0.2) is 51.5 Å². The second-order valence-electron chi connectivity index (χ2n) is 6.71. The van der Waals surface area contributed by atoms with Crippen LogP contribution >= 0.6 is 11.6 Å². The first-order chi connectivity index (χ1) is 13.4. The summed E-state index contributed by atoms with van der Waals surface area (Å²) in [4.78, 5) is 13.2. The largest absolute Gasteiger partial charge is 0.462 e. The average Bonchev–Trinajstić information content (AvgIpc) is 2.69. The van der Waals surface area contributed by atoms with Crippen molar-refractivity contribution >= 4 is 27.6 Å². The number of benzene rings is 2. The Hall–Kier alpha value is -1.93. The molecule has 1 aliphatic rings. The molecule has 3 rings (SSSR count). The van der Waals surface area contributed by atoms with Gasteiger partial charge < -0.3 is 9.64 Å². The first kappa shape index (κ1) is 20.8. The molecule has 2 aromatic carbocycles. The Morgan fingerprint density at radius 3 is 2.43 bits per heavy atom. The van der Waals surface area contributed by atoms with Crippen molar-refractivity contribution in [3.63, 3.8) is 0 Å². The van der Waals surface area contributed by atoms with Crippen molar-refractivity contribution < 1.29 is 22.8 Å². The van der Waals surface area contributed by atoms with E-state index in [1.807, 2.05) is 24.3 Å². The van der Waals surface area contributed by atoms with Crippen molar-refractivity contribution in [1.82, 2.24) is 4.31 Å². The van der Waals surface area contributed by atoms with Crippen molar-refractivity contribution in [2.75, 3.05) is 32.8 Å². The van der Waals surface area contributed by atoms with Gasteiger partial charge in [-0.05, 0) is 43.3 Å². The summed E-state index contributed by atoms with van der Waals surface area (Å²) in [5.41, 5.74) is 1.49. The fraction of sp³-hybridized carbons (Fsp3) is 0.350. The minimum Gasteiger partial charge on any atom is -0.462 e. The molecule has 0 amide bonds. The predicted molar refractivity (Wildman–Crippen MR) is 107 cm³/mol. The number of quaternary nitrogens is 1. The zero-order valence-corrected chi connectivity index (χ0v) is 17.3. The predicted octanol–water partition coefficient (Wildman–Crippen LogP) is 1.61. The number of hydrogen-bond donors (Lipinski definition) is 1. The third-order valence-corrected chi connectivity index (χ3v) is 6.92. The molecular formula is C20H24ClN2O4S+. The van der Waals surface area contributed by atoms with Gasteiger partial charge in [-0.2, -0.15) is 4.31 Å². The van der Waals surface area contributed by atoms with E-state index in [2.05, 4.69) is 0 Å². The van der Waals surface area contributed by atoms with Gasteiger partial charge >= 0.3 is 5.97 Å². The van der Waals surface area contributed by atoms with Gasteiger partial charge in [-0.1, -0.05) is 23.7 Å². The molecule has 1 N–H and O–H groups in total. The number of ether oxygens (including phenoxy) is 1. The van der Waals surface area contributed by atoms with Gasteiger partial charge in [0.05, 0.1) is 43.2 Å². The van der Waals surface area contributed by atoms with Crippen molar-refractivity contribution in [1.29, 1.82) is 0 Å². The summed E-state index contributed by atoms with van der Waals surface area (Å²) in [6, 6.07) is 13.7. The minimum atomic E-state index is -3.57. The molecule has 1 aliphatic heterocycles. The van der Waals surface area contributed by atoms with Crippen LogP contribution in [0.1, 0.15) is 22.8 Å². The van der Waals surface area contributed by atoms with Crippen LogP contribution in [-0.2, 0) is 21.3 Å². The molecule has 8 heteroatoms. The smallest absolute Gasteiger partial charge is 0.338 e. The third kappa shape index (κ3) is 4.91. The molecule has 0 radical (unpaired) electrons. The standard InChI is InChI=1S/C20H23ClN2O4S/c1-2-27-20(24)17-6-8-19(9-7-17)28(25,26)23-12-10-22(11-13-23)15-16-4-3-5-18(21)14-16/h3-9,14H,2,10-13,15H2,1H3/p+1. The van der Waals surface area contributed by atoms with Gasteiger partial charge in [0.1, 0.15) is 6.54 Å². The number of halogens is 1. The molecule has 28 heavy (non-hydrogen) atoms. The van der Waals surface area contributed by atoms with Crippen molar-refractivity contribution in [3.05, 3.63) is 64.7 Å². The van der Waals surface area contributed by atoms with E-state index in [0.29, 0.717) is 23.7 Å². The second kappa shape index (κ2) is 9.05. The fourth-order valence-electron chi connectivity index (χ4n) is 3.28. The highest BCUT2D eigenvalue weighted by Crippen LogP contribution is 2.17. The molecule has 0 aromatic heterocycles. The van der Waals surface area contributed by atoms with Crippen LogP contribution in [0.2, 0.25) is 5.02 Å². The van der Waals surface area contributed by atoms with Crippen LogP contribution in [0.15, 0.2) is 53.4 Å². The fourth-order valence-corrected chi connectivity index (χ4v) is 4.94. The van der Waals surface area contributed by atoms with E-state index in [4.69, 9.17) is 16.3 Å². The first-order valence-corrected chi connectivity index (χ1v) is 11.1. The molecule has 1 fully saturated rings. The molecule has 150 valence electrons. The summed E-state index contributed by atoms with van der Waals surface area (Å²) in [6.45, 7) is 5.20. The summed E-state index contributed by atoms with van der Waals surface area (Å²) >= 11 is 6.04. The Kier molecular flexibility index (Phi) is 6.72. The molecule has 0 saturated carbocycles. The number of piperazine rings is 1. The van der Waals surface area contributed by atoms with Gasteiger partial charge in [-0.25, -0.2) is 13.2 Å². The second-order valence-corrected chi connectivity index (χ2v) is 9.08. The molecule has 0 unspecified atom stereocenters. The number of rotatable bonds is 6. The Morgan fingerprint density at radius 1 is 1.14 bits per heavy atom. The summed E-state index contributed by atoms with van der Waals surface area (Å²) in [6.07, 6.45) is 0. The van der Waals surface area contributed by atoms with E-state index in [1.54, 1.807) is 6.92 Å². The Morgan fingerprint density at radius 2 is 1.82 bits per heavy atom. The Balaban J connectivity index is 1.62. The maximum Gasteiger partial charge on any atom is 0.338 e. The van der Waals surface area contributed by atoms with Gasteiger partial charge in [-0.15, -0.1) is 0 Å². The molecule has 0 spiro atoms. The summed E-state index contributed by atoms with van der Waals surface area (Å²) < 4.78 is 32.2. The molecule has 0 bridgehead atoms.